The summed E-state index contributed by atoms with van der Waals surface area (Å²) >= 11 is 0. The molecule has 7 nitrogen and oxygen atoms in total. The molecule has 2 aromatic carbocycles. The van der Waals surface area contributed by atoms with Crippen LogP contribution in [0.4, 0.5) is 5.69 Å². The minimum Gasteiger partial charge on any atom is -0.495 e. The summed E-state index contributed by atoms with van der Waals surface area (Å²) in [5.74, 6) is -0.0480. The molecule has 0 bridgehead atoms. The molecular weight excluding hydrogens is 358 g/mol. The van der Waals surface area contributed by atoms with Crippen LogP contribution in [-0.2, 0) is 9.59 Å². The van der Waals surface area contributed by atoms with Gasteiger partial charge < -0.3 is 20.2 Å². The van der Waals surface area contributed by atoms with E-state index in [9.17, 15) is 9.59 Å². The number of nitrogens with one attached hydrogen (secondary N) is 1. The van der Waals surface area contributed by atoms with Gasteiger partial charge in [0.1, 0.15) is 16.9 Å². The summed E-state index contributed by atoms with van der Waals surface area (Å²) < 4.78 is 11.4. The molecule has 1 aliphatic heterocycles. The number of anilines is 1. The summed E-state index contributed by atoms with van der Waals surface area (Å²) in [6.07, 6.45) is 2.59. The topological polar surface area (TPSA) is 97.8 Å². The Bertz CT molecular complexity index is 1040. The minimum absolute atomic E-state index is 0.106. The standard InChI is InChI=1S/C21H23N3O4/c1-27-19-10-14-13-6-2-3-8-17(13)28-18(14)11-15(19)23-20(25)12-24-9-5-4-7-16(24)21(22)26/h2-3,6,8,10-11,16H,4-5,7,9,12H2,1H3,(H2,22,26)(H,23,25)/t16-/m1/s1. The highest BCUT2D eigenvalue weighted by atomic mass is 16.5. The molecule has 146 valence electrons. The molecule has 0 spiro atoms. The maximum absolute atomic E-state index is 12.6. The number of para-hydroxylation sites is 1. The normalized spacial score (nSPS) is 17.7. The zero-order chi connectivity index (χ0) is 19.7. The lowest BCUT2D eigenvalue weighted by atomic mass is 10.0. The number of hydrogen-bond acceptors (Lipinski definition) is 5. The summed E-state index contributed by atoms with van der Waals surface area (Å²) in [5.41, 5.74) is 7.47. The molecule has 2 heterocycles. The average Bonchev–Trinajstić information content (AvgIpc) is 3.04. The quantitative estimate of drug-likeness (QED) is 0.708. The van der Waals surface area contributed by atoms with E-state index in [2.05, 4.69) is 5.32 Å². The highest BCUT2D eigenvalue weighted by Gasteiger charge is 2.28. The third kappa shape index (κ3) is 3.41. The first-order chi connectivity index (χ1) is 13.6. The van der Waals surface area contributed by atoms with Gasteiger partial charge in [0.05, 0.1) is 25.4 Å². The van der Waals surface area contributed by atoms with E-state index in [1.54, 1.807) is 13.2 Å². The number of benzene rings is 2. The maximum atomic E-state index is 12.6. The van der Waals surface area contributed by atoms with E-state index in [0.29, 0.717) is 30.0 Å². The predicted molar refractivity (Wildman–Crippen MR) is 107 cm³/mol. The lowest BCUT2D eigenvalue weighted by molar-refractivity contribution is -0.126. The molecule has 3 N–H and O–H groups in total. The number of carbonyl (C=O) groups is 2. The monoisotopic (exact) mass is 381 g/mol. The molecule has 1 aliphatic rings. The number of likely N-dealkylation sites (tertiary alicyclic amines) is 1. The average molecular weight is 381 g/mol. The van der Waals surface area contributed by atoms with Crippen molar-refractivity contribution in [3.63, 3.8) is 0 Å². The van der Waals surface area contributed by atoms with Gasteiger partial charge in [-0.25, -0.2) is 0 Å². The van der Waals surface area contributed by atoms with Gasteiger partial charge in [-0.1, -0.05) is 24.6 Å². The predicted octanol–water partition coefficient (Wildman–Crippen LogP) is 2.87. The van der Waals surface area contributed by atoms with E-state index >= 15 is 0 Å². The van der Waals surface area contributed by atoms with E-state index in [1.807, 2.05) is 35.2 Å². The molecular formula is C21H23N3O4. The van der Waals surface area contributed by atoms with Gasteiger partial charge in [-0.2, -0.15) is 0 Å². The number of rotatable bonds is 5. The number of furan rings is 1. The van der Waals surface area contributed by atoms with Crippen LogP contribution in [-0.4, -0.2) is 43.0 Å². The summed E-state index contributed by atoms with van der Waals surface area (Å²) in [5, 5.41) is 4.81. The summed E-state index contributed by atoms with van der Waals surface area (Å²) in [7, 11) is 1.56. The Morgan fingerprint density at radius 3 is 2.82 bits per heavy atom. The lowest BCUT2D eigenvalue weighted by Crippen LogP contribution is -2.50. The number of piperidine rings is 1. The summed E-state index contributed by atoms with van der Waals surface area (Å²) in [6, 6.07) is 11.0. The van der Waals surface area contributed by atoms with Crippen LogP contribution in [0.25, 0.3) is 21.9 Å². The van der Waals surface area contributed by atoms with Crippen LogP contribution >= 0.6 is 0 Å². The van der Waals surface area contributed by atoms with Crippen molar-refractivity contribution >= 4 is 39.4 Å². The molecule has 1 atom stereocenters. The minimum atomic E-state index is -0.390. The van der Waals surface area contributed by atoms with Gasteiger partial charge in [-0.15, -0.1) is 0 Å². The second-order valence-corrected chi connectivity index (χ2v) is 7.08. The first-order valence-corrected chi connectivity index (χ1v) is 9.39. The van der Waals surface area contributed by atoms with Gasteiger partial charge in [0.2, 0.25) is 11.8 Å². The summed E-state index contributed by atoms with van der Waals surface area (Å²) in [6.45, 7) is 0.787. The van der Waals surface area contributed by atoms with Gasteiger partial charge in [-0.05, 0) is 31.5 Å². The van der Waals surface area contributed by atoms with Crippen LogP contribution in [0.2, 0.25) is 0 Å². The number of nitrogens with two attached hydrogens (primary N) is 1. The van der Waals surface area contributed by atoms with Crippen LogP contribution in [0, 0.1) is 0 Å². The van der Waals surface area contributed by atoms with Crippen molar-refractivity contribution in [2.75, 3.05) is 25.5 Å². The SMILES string of the molecule is COc1cc2c(cc1NC(=O)CN1CCCC[C@@H]1C(N)=O)oc1ccccc12. The van der Waals surface area contributed by atoms with Gasteiger partial charge in [0, 0.05) is 16.8 Å². The van der Waals surface area contributed by atoms with Gasteiger partial charge in [0.25, 0.3) is 0 Å². The number of fused-ring (bicyclic) bond motifs is 3. The molecule has 1 fully saturated rings. The van der Waals surface area contributed by atoms with E-state index in [1.165, 1.54) is 0 Å². The molecule has 2 amide bonds. The molecule has 7 heteroatoms. The Morgan fingerprint density at radius 2 is 2.04 bits per heavy atom. The largest absolute Gasteiger partial charge is 0.495 e. The molecule has 0 unspecified atom stereocenters. The molecule has 3 aromatic rings. The zero-order valence-corrected chi connectivity index (χ0v) is 15.7. The van der Waals surface area contributed by atoms with Crippen LogP contribution in [0.15, 0.2) is 40.8 Å². The van der Waals surface area contributed by atoms with Crippen molar-refractivity contribution in [1.29, 1.82) is 0 Å². The number of amides is 2. The maximum Gasteiger partial charge on any atom is 0.238 e. The van der Waals surface area contributed by atoms with Crippen molar-refractivity contribution in [2.45, 2.75) is 25.3 Å². The van der Waals surface area contributed by atoms with Crippen molar-refractivity contribution in [2.24, 2.45) is 5.73 Å². The van der Waals surface area contributed by atoms with Crippen molar-refractivity contribution in [3.8, 4) is 5.75 Å². The third-order valence-corrected chi connectivity index (χ3v) is 5.26. The Labute approximate surface area is 162 Å². The number of primary amides is 1. The zero-order valence-electron chi connectivity index (χ0n) is 15.7. The van der Waals surface area contributed by atoms with Gasteiger partial charge >= 0.3 is 0 Å². The van der Waals surface area contributed by atoms with Crippen molar-refractivity contribution < 1.29 is 18.7 Å². The number of carbonyl (C=O) groups excluding carboxylic acids is 2. The van der Waals surface area contributed by atoms with E-state index in [4.69, 9.17) is 14.9 Å². The van der Waals surface area contributed by atoms with Crippen molar-refractivity contribution in [3.05, 3.63) is 36.4 Å². The number of ether oxygens (including phenoxy) is 1. The number of hydrogen-bond donors (Lipinski definition) is 2. The highest BCUT2D eigenvalue weighted by molar-refractivity contribution is 6.07. The second-order valence-electron chi connectivity index (χ2n) is 7.08. The van der Waals surface area contributed by atoms with Crippen LogP contribution in [0.3, 0.4) is 0 Å². The molecule has 1 aromatic heterocycles. The Balaban J connectivity index is 1.58. The molecule has 0 saturated carbocycles. The Hall–Kier alpha value is -3.06. The fourth-order valence-corrected chi connectivity index (χ4v) is 3.89. The number of nitrogens with zero attached hydrogens (tertiary/aromatic N) is 1. The first-order valence-electron chi connectivity index (χ1n) is 9.39. The van der Waals surface area contributed by atoms with E-state index < -0.39 is 0 Å². The first kappa shape index (κ1) is 18.3. The summed E-state index contributed by atoms with van der Waals surface area (Å²) in [4.78, 5) is 26.1. The van der Waals surface area contributed by atoms with Gasteiger partial charge in [-0.3, -0.25) is 14.5 Å². The smallest absolute Gasteiger partial charge is 0.238 e. The number of methoxy groups -OCH3 is 1. The fraction of sp³-hybridized carbons (Fsp3) is 0.333. The Morgan fingerprint density at radius 1 is 1.21 bits per heavy atom. The van der Waals surface area contributed by atoms with E-state index in [0.717, 1.165) is 29.2 Å². The van der Waals surface area contributed by atoms with E-state index in [-0.39, 0.29) is 24.4 Å². The Kier molecular flexibility index (Phi) is 4.92. The van der Waals surface area contributed by atoms with Crippen molar-refractivity contribution in [1.82, 2.24) is 4.90 Å². The fourth-order valence-electron chi connectivity index (χ4n) is 3.89. The van der Waals surface area contributed by atoms with Crippen LogP contribution in [0.5, 0.6) is 5.75 Å². The lowest BCUT2D eigenvalue weighted by Gasteiger charge is -2.32. The molecule has 4 rings (SSSR count). The second kappa shape index (κ2) is 7.52. The van der Waals surface area contributed by atoms with Gasteiger partial charge in [0.15, 0.2) is 0 Å². The molecule has 0 radical (unpaired) electrons. The molecule has 0 aliphatic carbocycles. The third-order valence-electron chi connectivity index (χ3n) is 5.26. The highest BCUT2D eigenvalue weighted by Crippen LogP contribution is 2.36. The molecule has 28 heavy (non-hydrogen) atoms. The van der Waals surface area contributed by atoms with Crippen LogP contribution in [0.1, 0.15) is 19.3 Å². The van der Waals surface area contributed by atoms with Crippen LogP contribution < -0.4 is 15.8 Å². The molecule has 1 saturated heterocycles.